The van der Waals surface area contributed by atoms with E-state index >= 15 is 0 Å². The number of rotatable bonds is 3. The number of nitrogens with zero attached hydrogens (tertiary/aromatic N) is 2. The van der Waals surface area contributed by atoms with E-state index in [0.29, 0.717) is 0 Å². The summed E-state index contributed by atoms with van der Waals surface area (Å²) in [7, 11) is 3.55. The van der Waals surface area contributed by atoms with E-state index in [1.807, 2.05) is 29.8 Å². The van der Waals surface area contributed by atoms with E-state index in [4.69, 9.17) is 4.74 Å². The van der Waals surface area contributed by atoms with Crippen LogP contribution in [0.2, 0.25) is 0 Å². The van der Waals surface area contributed by atoms with E-state index in [2.05, 4.69) is 26.2 Å². The molecule has 0 aromatic carbocycles. The lowest BCUT2D eigenvalue weighted by Crippen LogP contribution is -2.05. The third-order valence-electron chi connectivity index (χ3n) is 2.19. The molecule has 2 aromatic rings. The van der Waals surface area contributed by atoms with Crippen molar-refractivity contribution in [3.05, 3.63) is 28.6 Å². The SMILES string of the molecule is CNCc1nc2cc(OC)ccn2c1Br. The molecule has 15 heavy (non-hydrogen) atoms. The number of methoxy groups -OCH3 is 1. The van der Waals surface area contributed by atoms with Gasteiger partial charge in [-0.25, -0.2) is 4.98 Å². The van der Waals surface area contributed by atoms with Gasteiger partial charge in [-0.05, 0) is 29.0 Å². The van der Waals surface area contributed by atoms with E-state index in [1.165, 1.54) is 0 Å². The van der Waals surface area contributed by atoms with Gasteiger partial charge in [0.05, 0.1) is 12.8 Å². The van der Waals surface area contributed by atoms with E-state index in [1.54, 1.807) is 7.11 Å². The topological polar surface area (TPSA) is 38.6 Å². The fourth-order valence-corrected chi connectivity index (χ4v) is 1.98. The van der Waals surface area contributed by atoms with Gasteiger partial charge in [-0.2, -0.15) is 0 Å². The van der Waals surface area contributed by atoms with Crippen LogP contribution < -0.4 is 10.1 Å². The molecule has 2 heterocycles. The highest BCUT2D eigenvalue weighted by Crippen LogP contribution is 2.21. The maximum atomic E-state index is 5.15. The molecule has 0 aliphatic heterocycles. The molecule has 2 rings (SSSR count). The minimum Gasteiger partial charge on any atom is -0.497 e. The summed E-state index contributed by atoms with van der Waals surface area (Å²) in [5.74, 6) is 0.816. The molecule has 80 valence electrons. The van der Waals surface area contributed by atoms with Gasteiger partial charge >= 0.3 is 0 Å². The quantitative estimate of drug-likeness (QED) is 0.924. The second kappa shape index (κ2) is 4.20. The maximum absolute atomic E-state index is 5.15. The molecule has 0 radical (unpaired) electrons. The molecule has 0 atom stereocenters. The predicted octanol–water partition coefficient (Wildman–Crippen LogP) is 1.82. The second-order valence-electron chi connectivity index (χ2n) is 3.17. The summed E-state index contributed by atoms with van der Waals surface area (Å²) >= 11 is 3.52. The molecule has 5 heteroatoms. The van der Waals surface area contributed by atoms with Crippen molar-refractivity contribution in [2.75, 3.05) is 14.2 Å². The van der Waals surface area contributed by atoms with Gasteiger partial charge in [0.15, 0.2) is 0 Å². The van der Waals surface area contributed by atoms with Gasteiger partial charge in [-0.15, -0.1) is 0 Å². The van der Waals surface area contributed by atoms with Gasteiger partial charge in [-0.1, -0.05) is 0 Å². The third-order valence-corrected chi connectivity index (χ3v) is 3.02. The molecule has 0 aliphatic rings. The number of aromatic nitrogens is 2. The highest BCUT2D eigenvalue weighted by Gasteiger charge is 2.08. The van der Waals surface area contributed by atoms with Gasteiger partial charge in [0.2, 0.25) is 0 Å². The summed E-state index contributed by atoms with van der Waals surface area (Å²) in [6.07, 6.45) is 1.93. The molecule has 0 spiro atoms. The third kappa shape index (κ3) is 1.85. The number of hydrogen-bond donors (Lipinski definition) is 1. The largest absolute Gasteiger partial charge is 0.497 e. The van der Waals surface area contributed by atoms with Crippen LogP contribution in [0.3, 0.4) is 0 Å². The van der Waals surface area contributed by atoms with Crippen molar-refractivity contribution < 1.29 is 4.74 Å². The van der Waals surface area contributed by atoms with Crippen molar-refractivity contribution in [2.24, 2.45) is 0 Å². The van der Waals surface area contributed by atoms with Gasteiger partial charge in [-0.3, -0.25) is 4.40 Å². The van der Waals surface area contributed by atoms with Crippen LogP contribution in [0.25, 0.3) is 5.65 Å². The lowest BCUT2D eigenvalue weighted by Gasteiger charge is -1.99. The first-order chi connectivity index (χ1) is 7.26. The van der Waals surface area contributed by atoms with Gasteiger partial charge < -0.3 is 10.1 Å². The lowest BCUT2D eigenvalue weighted by atomic mass is 10.4. The summed E-state index contributed by atoms with van der Waals surface area (Å²) in [4.78, 5) is 4.48. The zero-order chi connectivity index (χ0) is 10.8. The second-order valence-corrected chi connectivity index (χ2v) is 3.93. The van der Waals surface area contributed by atoms with Crippen LogP contribution in [0.15, 0.2) is 22.9 Å². The Morgan fingerprint density at radius 1 is 1.60 bits per heavy atom. The molecule has 0 unspecified atom stereocenters. The molecule has 0 saturated heterocycles. The minimum atomic E-state index is 0.741. The molecule has 0 aliphatic carbocycles. The smallest absolute Gasteiger partial charge is 0.141 e. The first-order valence-electron chi connectivity index (χ1n) is 4.61. The summed E-state index contributed by atoms with van der Waals surface area (Å²) in [6, 6.07) is 3.81. The average molecular weight is 270 g/mol. The summed E-state index contributed by atoms with van der Waals surface area (Å²) in [6.45, 7) is 0.741. The van der Waals surface area contributed by atoms with E-state index in [0.717, 1.165) is 28.2 Å². The normalized spacial score (nSPS) is 10.9. The first-order valence-corrected chi connectivity index (χ1v) is 5.40. The molecule has 1 N–H and O–H groups in total. The van der Waals surface area contributed by atoms with Gasteiger partial charge in [0, 0.05) is 18.8 Å². The van der Waals surface area contributed by atoms with Crippen molar-refractivity contribution >= 4 is 21.6 Å². The van der Waals surface area contributed by atoms with E-state index < -0.39 is 0 Å². The zero-order valence-electron chi connectivity index (χ0n) is 8.62. The Balaban J connectivity index is 2.55. The van der Waals surface area contributed by atoms with Crippen LogP contribution in [0.1, 0.15) is 5.69 Å². The molecule has 4 nitrogen and oxygen atoms in total. The Morgan fingerprint density at radius 2 is 2.40 bits per heavy atom. The van der Waals surface area contributed by atoms with Crippen LogP contribution in [0, 0.1) is 0 Å². The molecular formula is C10H12BrN3O. The lowest BCUT2D eigenvalue weighted by molar-refractivity contribution is 0.414. The van der Waals surface area contributed by atoms with Crippen molar-refractivity contribution in [2.45, 2.75) is 6.54 Å². The first kappa shape index (κ1) is 10.4. The standard InChI is InChI=1S/C10H12BrN3O/c1-12-6-8-10(11)14-4-3-7(15-2)5-9(14)13-8/h3-5,12H,6H2,1-2H3. The zero-order valence-corrected chi connectivity index (χ0v) is 10.2. The number of fused-ring (bicyclic) bond motifs is 1. The Labute approximate surface area is 96.4 Å². The summed E-state index contributed by atoms with van der Waals surface area (Å²) in [5.41, 5.74) is 1.87. The van der Waals surface area contributed by atoms with Gasteiger partial charge in [0.1, 0.15) is 16.0 Å². The van der Waals surface area contributed by atoms with E-state index in [9.17, 15) is 0 Å². The van der Waals surface area contributed by atoms with Crippen LogP contribution >= 0.6 is 15.9 Å². The Morgan fingerprint density at radius 3 is 3.07 bits per heavy atom. The molecular weight excluding hydrogens is 258 g/mol. The molecule has 0 amide bonds. The van der Waals surface area contributed by atoms with Crippen LogP contribution in [0.4, 0.5) is 0 Å². The van der Waals surface area contributed by atoms with Crippen molar-refractivity contribution in [1.29, 1.82) is 0 Å². The number of imidazole rings is 1. The predicted molar refractivity (Wildman–Crippen MR) is 62.2 cm³/mol. The van der Waals surface area contributed by atoms with Crippen molar-refractivity contribution in [3.8, 4) is 5.75 Å². The Kier molecular flexibility index (Phi) is 2.93. The highest BCUT2D eigenvalue weighted by atomic mass is 79.9. The Bertz CT molecular complexity index is 481. The van der Waals surface area contributed by atoms with Crippen LogP contribution in [0.5, 0.6) is 5.75 Å². The van der Waals surface area contributed by atoms with Gasteiger partial charge in [0.25, 0.3) is 0 Å². The van der Waals surface area contributed by atoms with E-state index in [-0.39, 0.29) is 0 Å². The fourth-order valence-electron chi connectivity index (χ4n) is 1.45. The van der Waals surface area contributed by atoms with Crippen LogP contribution in [-0.4, -0.2) is 23.5 Å². The van der Waals surface area contributed by atoms with Crippen LogP contribution in [-0.2, 0) is 6.54 Å². The number of ether oxygens (including phenoxy) is 1. The molecule has 0 fully saturated rings. The number of hydrogen-bond acceptors (Lipinski definition) is 3. The average Bonchev–Trinajstić information content (AvgIpc) is 2.56. The van der Waals surface area contributed by atoms with Crippen molar-refractivity contribution in [3.63, 3.8) is 0 Å². The fraction of sp³-hybridized carbons (Fsp3) is 0.300. The highest BCUT2D eigenvalue weighted by molar-refractivity contribution is 9.10. The summed E-state index contributed by atoms with van der Waals surface area (Å²) in [5, 5.41) is 3.08. The number of nitrogens with one attached hydrogen (secondary N) is 1. The molecule has 0 bridgehead atoms. The minimum absolute atomic E-state index is 0.741. The Hall–Kier alpha value is -1.07. The maximum Gasteiger partial charge on any atom is 0.141 e. The summed E-state index contributed by atoms with van der Waals surface area (Å²) < 4.78 is 8.11. The monoisotopic (exact) mass is 269 g/mol. The number of halogens is 1. The molecule has 0 saturated carbocycles. The van der Waals surface area contributed by atoms with Crippen molar-refractivity contribution in [1.82, 2.24) is 14.7 Å². The molecule has 2 aromatic heterocycles. The number of pyridine rings is 1.